The van der Waals surface area contributed by atoms with E-state index in [4.69, 9.17) is 4.74 Å². The predicted octanol–water partition coefficient (Wildman–Crippen LogP) is 6.01. The first-order valence-corrected chi connectivity index (χ1v) is 10.6. The van der Waals surface area contributed by atoms with Gasteiger partial charge in [0.1, 0.15) is 12.4 Å². The van der Waals surface area contributed by atoms with Crippen LogP contribution < -0.4 is 10.1 Å². The molecule has 0 aromatic heterocycles. The number of carbonyl (C=O) groups is 1. The molecule has 0 spiro atoms. The molecule has 29 heavy (non-hydrogen) atoms. The summed E-state index contributed by atoms with van der Waals surface area (Å²) in [7, 11) is 0. The minimum absolute atomic E-state index is 0.0715. The molecule has 3 heteroatoms. The van der Waals surface area contributed by atoms with Crippen LogP contribution in [0.15, 0.2) is 42.5 Å². The molecule has 1 N–H and O–H groups in total. The summed E-state index contributed by atoms with van der Waals surface area (Å²) in [4.78, 5) is 12.8. The first-order valence-electron chi connectivity index (χ1n) is 10.6. The number of nitrogens with one attached hydrogen (secondary N) is 1. The van der Waals surface area contributed by atoms with E-state index in [-0.39, 0.29) is 16.9 Å². The fourth-order valence-electron chi connectivity index (χ4n) is 5.03. The first kappa shape index (κ1) is 21.6. The molecule has 0 bridgehead atoms. The number of piperidine rings is 1. The molecule has 2 aromatic carbocycles. The first-order chi connectivity index (χ1) is 13.5. The van der Waals surface area contributed by atoms with E-state index in [1.165, 1.54) is 11.1 Å². The number of hydrogen-bond donors (Lipinski definition) is 1. The lowest BCUT2D eigenvalue weighted by Gasteiger charge is -2.46. The van der Waals surface area contributed by atoms with Crippen molar-refractivity contribution in [1.82, 2.24) is 5.32 Å². The van der Waals surface area contributed by atoms with E-state index in [0.717, 1.165) is 29.7 Å². The molecule has 0 amide bonds. The summed E-state index contributed by atoms with van der Waals surface area (Å²) >= 11 is 0. The second-order valence-electron chi connectivity index (χ2n) is 10.1. The number of hydrogen-bond acceptors (Lipinski definition) is 3. The lowest BCUT2D eigenvalue weighted by atomic mass is 9.74. The molecule has 0 aliphatic carbocycles. The van der Waals surface area contributed by atoms with Crippen molar-refractivity contribution in [2.45, 2.75) is 78.5 Å². The van der Waals surface area contributed by atoms with Crippen molar-refractivity contribution < 1.29 is 9.53 Å². The number of rotatable bonds is 6. The molecule has 0 saturated carbocycles. The van der Waals surface area contributed by atoms with Gasteiger partial charge in [0.15, 0.2) is 5.78 Å². The summed E-state index contributed by atoms with van der Waals surface area (Å²) < 4.78 is 5.93. The summed E-state index contributed by atoms with van der Waals surface area (Å²) in [5.41, 5.74) is 4.42. The lowest BCUT2D eigenvalue weighted by Crippen LogP contribution is -2.57. The van der Waals surface area contributed by atoms with Crippen molar-refractivity contribution in [3.63, 3.8) is 0 Å². The highest BCUT2D eigenvalue weighted by Gasteiger charge is 2.38. The molecule has 1 fully saturated rings. The second-order valence-corrected chi connectivity index (χ2v) is 10.1. The van der Waals surface area contributed by atoms with Crippen LogP contribution in [0.4, 0.5) is 0 Å². The molecule has 156 valence electrons. The quantitative estimate of drug-likeness (QED) is 0.611. The van der Waals surface area contributed by atoms with Gasteiger partial charge >= 0.3 is 0 Å². The number of Topliss-reactive ketones (excluding diaryl/α,β-unsaturated/α-hetero) is 1. The van der Waals surface area contributed by atoms with Gasteiger partial charge in [-0.25, -0.2) is 0 Å². The Kier molecular flexibility index (Phi) is 6.19. The summed E-state index contributed by atoms with van der Waals surface area (Å²) in [6.45, 7) is 13.6. The third kappa shape index (κ3) is 6.17. The van der Waals surface area contributed by atoms with Gasteiger partial charge in [-0.3, -0.25) is 4.79 Å². The van der Waals surface area contributed by atoms with Gasteiger partial charge in [-0.15, -0.1) is 0 Å². The van der Waals surface area contributed by atoms with Gasteiger partial charge in [0.25, 0.3) is 0 Å². The number of ketones is 1. The van der Waals surface area contributed by atoms with Gasteiger partial charge < -0.3 is 10.1 Å². The number of aryl methyl sites for hydroxylation is 2. The van der Waals surface area contributed by atoms with Crippen LogP contribution in [0.1, 0.15) is 74.0 Å². The molecule has 0 radical (unpaired) electrons. The summed E-state index contributed by atoms with van der Waals surface area (Å²) in [5.74, 6) is 1.55. The normalized spacial score (nSPS) is 18.4. The van der Waals surface area contributed by atoms with E-state index in [1.54, 1.807) is 0 Å². The van der Waals surface area contributed by atoms with E-state index in [2.05, 4.69) is 52.9 Å². The van der Waals surface area contributed by atoms with Crippen molar-refractivity contribution in [2.24, 2.45) is 5.92 Å². The average molecular weight is 394 g/mol. The van der Waals surface area contributed by atoms with Crippen molar-refractivity contribution in [2.75, 3.05) is 0 Å². The zero-order valence-electron chi connectivity index (χ0n) is 18.8. The maximum absolute atomic E-state index is 12.8. The zero-order chi connectivity index (χ0) is 21.2. The predicted molar refractivity (Wildman–Crippen MR) is 120 cm³/mol. The van der Waals surface area contributed by atoms with Crippen LogP contribution in [0.3, 0.4) is 0 Å². The Morgan fingerprint density at radius 1 is 0.966 bits per heavy atom. The molecule has 3 nitrogen and oxygen atoms in total. The van der Waals surface area contributed by atoms with Crippen LogP contribution in [0, 0.1) is 19.8 Å². The fourth-order valence-corrected chi connectivity index (χ4v) is 5.03. The van der Waals surface area contributed by atoms with E-state index >= 15 is 0 Å². The monoisotopic (exact) mass is 393 g/mol. The van der Waals surface area contributed by atoms with Gasteiger partial charge in [-0.1, -0.05) is 30.3 Å². The standard InChI is InChI=1S/C26H35NO2/c1-18-11-19(2)13-23(12-18)29-17-20-7-9-22(10-8-20)24(28)14-21-15-25(3,4)27-26(5,6)16-21/h7-13,21,27H,14-17H2,1-6H3. The SMILES string of the molecule is Cc1cc(C)cc(OCc2ccc(C(=O)CC3CC(C)(C)NC(C)(C)C3)cc2)c1. The van der Waals surface area contributed by atoms with Crippen LogP contribution in [-0.4, -0.2) is 16.9 Å². The molecule has 1 heterocycles. The Balaban J connectivity index is 1.58. The third-order valence-electron chi connectivity index (χ3n) is 5.63. The Morgan fingerprint density at radius 3 is 2.07 bits per heavy atom. The summed E-state index contributed by atoms with van der Waals surface area (Å²) in [5, 5.41) is 3.69. The molecular formula is C26H35NO2. The van der Waals surface area contributed by atoms with Crippen molar-refractivity contribution in [1.29, 1.82) is 0 Å². The van der Waals surface area contributed by atoms with E-state index in [9.17, 15) is 4.79 Å². The maximum Gasteiger partial charge on any atom is 0.163 e. The Labute approximate surface area is 175 Å². The van der Waals surface area contributed by atoms with Crippen molar-refractivity contribution in [3.8, 4) is 5.75 Å². The van der Waals surface area contributed by atoms with Gasteiger partial charge in [0, 0.05) is 23.1 Å². The smallest absolute Gasteiger partial charge is 0.163 e. The lowest BCUT2D eigenvalue weighted by molar-refractivity contribution is 0.0864. The summed E-state index contributed by atoms with van der Waals surface area (Å²) in [6.07, 6.45) is 2.68. The fraction of sp³-hybridized carbons (Fsp3) is 0.500. The minimum atomic E-state index is 0.0715. The van der Waals surface area contributed by atoms with Gasteiger partial charge in [0.2, 0.25) is 0 Å². The third-order valence-corrected chi connectivity index (χ3v) is 5.63. The number of benzene rings is 2. The maximum atomic E-state index is 12.8. The van der Waals surface area contributed by atoms with E-state index in [0.29, 0.717) is 18.9 Å². The number of carbonyl (C=O) groups excluding carboxylic acids is 1. The molecule has 0 unspecified atom stereocenters. The Bertz CT molecular complexity index is 829. The molecule has 2 aromatic rings. The van der Waals surface area contributed by atoms with Crippen molar-refractivity contribution >= 4 is 5.78 Å². The molecule has 1 aliphatic rings. The molecule has 1 saturated heterocycles. The van der Waals surface area contributed by atoms with E-state index in [1.807, 2.05) is 36.4 Å². The highest BCUT2D eigenvalue weighted by atomic mass is 16.5. The van der Waals surface area contributed by atoms with Crippen LogP contribution in [-0.2, 0) is 6.61 Å². The molecule has 1 aliphatic heterocycles. The zero-order valence-corrected chi connectivity index (χ0v) is 18.8. The Morgan fingerprint density at radius 2 is 1.52 bits per heavy atom. The van der Waals surface area contributed by atoms with Crippen LogP contribution in [0.2, 0.25) is 0 Å². The molecular weight excluding hydrogens is 358 g/mol. The summed E-state index contributed by atoms with van der Waals surface area (Å²) in [6, 6.07) is 14.1. The van der Waals surface area contributed by atoms with Gasteiger partial charge in [0.05, 0.1) is 0 Å². The topological polar surface area (TPSA) is 38.3 Å². The highest BCUT2D eigenvalue weighted by Crippen LogP contribution is 2.35. The van der Waals surface area contributed by atoms with Gasteiger partial charge in [-0.2, -0.15) is 0 Å². The second kappa shape index (κ2) is 8.31. The van der Waals surface area contributed by atoms with Crippen molar-refractivity contribution in [3.05, 3.63) is 64.7 Å². The van der Waals surface area contributed by atoms with Crippen LogP contribution >= 0.6 is 0 Å². The number of ether oxygens (including phenoxy) is 1. The Hall–Kier alpha value is -2.13. The van der Waals surface area contributed by atoms with Gasteiger partial charge in [-0.05, 0) is 89.1 Å². The van der Waals surface area contributed by atoms with E-state index < -0.39 is 0 Å². The molecule has 0 atom stereocenters. The average Bonchev–Trinajstić information content (AvgIpc) is 2.56. The largest absolute Gasteiger partial charge is 0.489 e. The minimum Gasteiger partial charge on any atom is -0.489 e. The highest BCUT2D eigenvalue weighted by molar-refractivity contribution is 5.96. The van der Waals surface area contributed by atoms with Crippen LogP contribution in [0.5, 0.6) is 5.75 Å². The molecule has 3 rings (SSSR count). The van der Waals surface area contributed by atoms with Crippen LogP contribution in [0.25, 0.3) is 0 Å².